The van der Waals surface area contributed by atoms with Gasteiger partial charge in [0.2, 0.25) is 5.91 Å². The van der Waals surface area contributed by atoms with Crippen molar-refractivity contribution in [3.63, 3.8) is 0 Å². The molecule has 2 atom stereocenters. The van der Waals surface area contributed by atoms with E-state index in [9.17, 15) is 4.79 Å². The van der Waals surface area contributed by atoms with Crippen LogP contribution in [0.3, 0.4) is 0 Å². The summed E-state index contributed by atoms with van der Waals surface area (Å²) < 4.78 is 1.83. The molecule has 0 saturated heterocycles. The lowest BCUT2D eigenvalue weighted by molar-refractivity contribution is -0.122. The normalized spacial score (nSPS) is 13.7. The third-order valence-electron chi connectivity index (χ3n) is 4.64. The van der Waals surface area contributed by atoms with Gasteiger partial charge in [-0.3, -0.25) is 9.48 Å². The number of nitrogens with one attached hydrogen (secondary N) is 1. The topological polar surface area (TPSA) is 46.9 Å². The van der Waals surface area contributed by atoms with Crippen LogP contribution in [0.15, 0.2) is 24.3 Å². The number of hydrogen-bond acceptors (Lipinski definition) is 2. The van der Waals surface area contributed by atoms with Crippen molar-refractivity contribution in [1.29, 1.82) is 0 Å². The fraction of sp³-hybridized carbons (Fsp3) is 0.474. The summed E-state index contributed by atoms with van der Waals surface area (Å²) in [6, 6.07) is 8.42. The molecule has 2 aromatic rings. The summed E-state index contributed by atoms with van der Waals surface area (Å²) in [4.78, 5) is 12.6. The molecule has 0 aliphatic heterocycles. The molecule has 4 nitrogen and oxygen atoms in total. The van der Waals surface area contributed by atoms with Gasteiger partial charge in [0.05, 0.1) is 17.7 Å². The smallest absolute Gasteiger partial charge is 0.227 e. The van der Waals surface area contributed by atoms with Crippen molar-refractivity contribution in [3.05, 3.63) is 52.3 Å². The van der Waals surface area contributed by atoms with Gasteiger partial charge in [-0.25, -0.2) is 0 Å². The van der Waals surface area contributed by atoms with Gasteiger partial charge in [-0.05, 0) is 45.2 Å². The maximum Gasteiger partial charge on any atom is 0.227 e. The van der Waals surface area contributed by atoms with Gasteiger partial charge in [0, 0.05) is 18.3 Å². The Morgan fingerprint density at radius 3 is 2.30 bits per heavy atom. The summed E-state index contributed by atoms with van der Waals surface area (Å²) in [6.45, 7) is 10.1. The van der Waals surface area contributed by atoms with Gasteiger partial charge >= 0.3 is 0 Å². The zero-order valence-electron chi connectivity index (χ0n) is 15.0. The van der Waals surface area contributed by atoms with Crippen LogP contribution in [0.25, 0.3) is 0 Å². The molecule has 0 unspecified atom stereocenters. The minimum Gasteiger partial charge on any atom is -0.349 e. The van der Waals surface area contributed by atoms with Crippen molar-refractivity contribution in [2.75, 3.05) is 0 Å². The Morgan fingerprint density at radius 1 is 1.22 bits per heavy atom. The van der Waals surface area contributed by atoms with Crippen molar-refractivity contribution in [1.82, 2.24) is 15.1 Å². The predicted octanol–water partition coefficient (Wildman–Crippen LogP) is 3.58. The zero-order chi connectivity index (χ0) is 17.1. The van der Waals surface area contributed by atoms with E-state index in [2.05, 4.69) is 41.6 Å². The predicted molar refractivity (Wildman–Crippen MR) is 93.5 cm³/mol. The van der Waals surface area contributed by atoms with E-state index in [-0.39, 0.29) is 17.9 Å². The van der Waals surface area contributed by atoms with Crippen LogP contribution >= 0.6 is 0 Å². The van der Waals surface area contributed by atoms with Crippen LogP contribution in [0.1, 0.15) is 60.8 Å². The molecule has 1 N–H and O–H groups in total. The van der Waals surface area contributed by atoms with E-state index in [4.69, 9.17) is 0 Å². The molecule has 4 heteroatoms. The molecular weight excluding hydrogens is 286 g/mol. The lowest BCUT2D eigenvalue weighted by Gasteiger charge is -2.19. The highest BCUT2D eigenvalue weighted by atomic mass is 16.1. The van der Waals surface area contributed by atoms with E-state index in [1.807, 2.05) is 39.4 Å². The number of nitrogens with zero attached hydrogens (tertiary/aromatic N) is 2. The van der Waals surface area contributed by atoms with Gasteiger partial charge in [0.1, 0.15) is 0 Å². The number of benzene rings is 1. The summed E-state index contributed by atoms with van der Waals surface area (Å²) in [6.07, 6.45) is 1.03. The highest BCUT2D eigenvalue weighted by molar-refractivity contribution is 5.84. The first-order valence-corrected chi connectivity index (χ1v) is 8.24. The molecule has 0 fully saturated rings. The first-order chi connectivity index (χ1) is 10.8. The minimum absolute atomic E-state index is 0.00635. The molecule has 0 aliphatic rings. The molecule has 0 aliphatic carbocycles. The Bertz CT molecular complexity index is 685. The second-order valence-electron chi connectivity index (χ2n) is 6.26. The van der Waals surface area contributed by atoms with E-state index >= 15 is 0 Å². The monoisotopic (exact) mass is 313 g/mol. The van der Waals surface area contributed by atoms with Crippen molar-refractivity contribution in [3.8, 4) is 0 Å². The van der Waals surface area contributed by atoms with E-state index in [0.29, 0.717) is 0 Å². The van der Waals surface area contributed by atoms with Gasteiger partial charge in [-0.1, -0.05) is 31.2 Å². The van der Waals surface area contributed by atoms with Crippen LogP contribution in [-0.2, 0) is 18.3 Å². The molecule has 1 heterocycles. The Hall–Kier alpha value is -2.10. The van der Waals surface area contributed by atoms with Crippen LogP contribution < -0.4 is 5.32 Å². The van der Waals surface area contributed by atoms with Gasteiger partial charge in [-0.2, -0.15) is 5.10 Å². The van der Waals surface area contributed by atoms with E-state index < -0.39 is 0 Å². The van der Waals surface area contributed by atoms with Gasteiger partial charge < -0.3 is 5.32 Å². The number of amides is 1. The fourth-order valence-electron chi connectivity index (χ4n) is 3.01. The Labute approximate surface area is 138 Å². The highest BCUT2D eigenvalue weighted by Crippen LogP contribution is 2.24. The van der Waals surface area contributed by atoms with Gasteiger partial charge in [0.15, 0.2) is 0 Å². The van der Waals surface area contributed by atoms with Crippen LogP contribution in [0.5, 0.6) is 0 Å². The molecular formula is C19H27N3O. The molecule has 1 aromatic heterocycles. The van der Waals surface area contributed by atoms with Gasteiger partial charge in [0.25, 0.3) is 0 Å². The summed E-state index contributed by atoms with van der Waals surface area (Å²) >= 11 is 0. The van der Waals surface area contributed by atoms with Crippen molar-refractivity contribution < 1.29 is 4.79 Å². The molecule has 23 heavy (non-hydrogen) atoms. The SMILES string of the molecule is CCc1ccc([C@@H](C)NC(=O)[C@@H](C)c2c(C)nn(C)c2C)cc1. The first kappa shape index (κ1) is 17.3. The molecule has 1 amide bonds. The van der Waals surface area contributed by atoms with E-state index in [1.165, 1.54) is 5.56 Å². The maximum atomic E-state index is 12.6. The third kappa shape index (κ3) is 3.63. The Kier molecular flexibility index (Phi) is 5.24. The van der Waals surface area contributed by atoms with Crippen LogP contribution in [0, 0.1) is 13.8 Å². The zero-order valence-corrected chi connectivity index (χ0v) is 15.0. The van der Waals surface area contributed by atoms with E-state index in [1.54, 1.807) is 0 Å². The molecule has 0 spiro atoms. The largest absolute Gasteiger partial charge is 0.349 e. The number of aromatic nitrogens is 2. The first-order valence-electron chi connectivity index (χ1n) is 8.24. The average molecular weight is 313 g/mol. The fourth-order valence-corrected chi connectivity index (χ4v) is 3.01. The summed E-state index contributed by atoms with van der Waals surface area (Å²) in [5.41, 5.74) is 5.43. The molecule has 2 rings (SSSR count). The lowest BCUT2D eigenvalue weighted by atomic mass is 9.97. The number of rotatable bonds is 5. The van der Waals surface area contributed by atoms with Crippen molar-refractivity contribution in [2.45, 2.75) is 53.0 Å². The van der Waals surface area contributed by atoms with Crippen LogP contribution in [-0.4, -0.2) is 15.7 Å². The van der Waals surface area contributed by atoms with Crippen LogP contribution in [0.4, 0.5) is 0 Å². The minimum atomic E-state index is -0.207. The quantitative estimate of drug-likeness (QED) is 0.917. The number of hydrogen-bond donors (Lipinski definition) is 1. The molecule has 0 bridgehead atoms. The summed E-state index contributed by atoms with van der Waals surface area (Å²) in [7, 11) is 1.91. The van der Waals surface area contributed by atoms with Crippen molar-refractivity contribution in [2.24, 2.45) is 7.05 Å². The second-order valence-corrected chi connectivity index (χ2v) is 6.26. The highest BCUT2D eigenvalue weighted by Gasteiger charge is 2.23. The summed E-state index contributed by atoms with van der Waals surface area (Å²) in [5.74, 6) is -0.169. The number of aryl methyl sites for hydroxylation is 3. The Morgan fingerprint density at radius 2 is 1.83 bits per heavy atom. The second kappa shape index (κ2) is 6.99. The third-order valence-corrected chi connectivity index (χ3v) is 4.64. The molecule has 0 radical (unpaired) electrons. The van der Waals surface area contributed by atoms with Crippen LogP contribution in [0.2, 0.25) is 0 Å². The molecule has 0 saturated carbocycles. The maximum absolute atomic E-state index is 12.6. The lowest BCUT2D eigenvalue weighted by Crippen LogP contribution is -2.31. The van der Waals surface area contributed by atoms with Gasteiger partial charge in [-0.15, -0.1) is 0 Å². The standard InChI is InChI=1S/C19H27N3O/c1-7-16-8-10-17(11-9-16)13(3)20-19(23)12(2)18-14(4)21-22(6)15(18)5/h8-13H,7H2,1-6H3,(H,20,23)/t12-,13+/m0/s1. The van der Waals surface area contributed by atoms with E-state index in [0.717, 1.165) is 28.9 Å². The average Bonchev–Trinajstić information content (AvgIpc) is 2.79. The molecule has 124 valence electrons. The number of carbonyl (C=O) groups excluding carboxylic acids is 1. The molecule has 1 aromatic carbocycles. The number of carbonyl (C=O) groups is 1. The Balaban J connectivity index is 2.10. The summed E-state index contributed by atoms with van der Waals surface area (Å²) in [5, 5.41) is 7.53. The van der Waals surface area contributed by atoms with Crippen molar-refractivity contribution >= 4 is 5.91 Å².